The number of esters is 1. The Morgan fingerprint density at radius 1 is 1.07 bits per heavy atom. The van der Waals surface area contributed by atoms with E-state index in [1.165, 1.54) is 30.1 Å². The zero-order valence-electron chi connectivity index (χ0n) is 17.4. The number of carbonyl (C=O) groups is 3. The van der Waals surface area contributed by atoms with Crippen molar-refractivity contribution in [1.82, 2.24) is 10.2 Å². The third-order valence-electron chi connectivity index (χ3n) is 3.78. The molecule has 0 aromatic heterocycles. The fourth-order valence-electron chi connectivity index (χ4n) is 2.31. The van der Waals surface area contributed by atoms with Gasteiger partial charge in [-0.1, -0.05) is 12.5 Å². The van der Waals surface area contributed by atoms with Crippen LogP contribution < -0.4 is 5.32 Å². The molecule has 0 saturated heterocycles. The number of carbonyl (C=O) groups excluding carboxylic acids is 3. The van der Waals surface area contributed by atoms with E-state index in [0.717, 1.165) is 6.42 Å². The second-order valence-electron chi connectivity index (χ2n) is 7.56. The van der Waals surface area contributed by atoms with E-state index in [0.29, 0.717) is 19.4 Å². The molecule has 0 fully saturated rings. The number of phenolic OH excluding ortho intramolecular Hbond substituents is 2. The average Bonchev–Trinajstić information content (AvgIpc) is 2.60. The lowest BCUT2D eigenvalue weighted by atomic mass is 10.2. The molecule has 0 aliphatic rings. The molecule has 0 radical (unpaired) electrons. The zero-order valence-corrected chi connectivity index (χ0v) is 17.4. The summed E-state index contributed by atoms with van der Waals surface area (Å²) in [5.41, 5.74) is -0.881. The lowest BCUT2D eigenvalue weighted by Crippen LogP contribution is -2.33. The number of ether oxygens (including phenoxy) is 2. The van der Waals surface area contributed by atoms with Gasteiger partial charge in [-0.15, -0.1) is 0 Å². The Kier molecular flexibility index (Phi) is 9.24. The number of hydrogen-bond donors (Lipinski definition) is 3. The van der Waals surface area contributed by atoms with Gasteiger partial charge in [0.25, 0.3) is 0 Å². The number of nitrogens with one attached hydrogen (secondary N) is 1. The molecule has 29 heavy (non-hydrogen) atoms. The van der Waals surface area contributed by atoms with E-state index >= 15 is 0 Å². The number of alkyl carbamates (subject to hydrolysis) is 1. The Labute approximate surface area is 170 Å². The predicted molar refractivity (Wildman–Crippen MR) is 106 cm³/mol. The Balaban J connectivity index is 2.23. The molecule has 0 unspecified atom stereocenters. The molecule has 0 heterocycles. The number of amides is 2. The molecule has 1 aromatic carbocycles. The fraction of sp³-hybridized carbons (Fsp3) is 0.550. The van der Waals surface area contributed by atoms with Gasteiger partial charge < -0.3 is 29.9 Å². The Morgan fingerprint density at radius 2 is 1.69 bits per heavy atom. The summed E-state index contributed by atoms with van der Waals surface area (Å²) in [6, 6.07) is 3.89. The standard InChI is InChI=1S/C20H30N2O7/c1-20(2,3)29-19(27)21-12-7-5-6-11-16(25)22(4)13-28-18(26)17-14(23)9-8-10-15(17)24/h8-10,23-24H,5-7,11-13H2,1-4H3,(H,21,27). The van der Waals surface area contributed by atoms with E-state index in [9.17, 15) is 24.6 Å². The maximum Gasteiger partial charge on any atom is 0.407 e. The molecular weight excluding hydrogens is 380 g/mol. The predicted octanol–water partition coefficient (Wildman–Crippen LogP) is 2.76. The number of unbranched alkanes of at least 4 members (excludes halogenated alkanes) is 2. The van der Waals surface area contributed by atoms with Crippen molar-refractivity contribution >= 4 is 18.0 Å². The SMILES string of the molecule is CN(COC(=O)c1c(O)cccc1O)C(=O)CCCCCNC(=O)OC(C)(C)C. The summed E-state index contributed by atoms with van der Waals surface area (Å²) in [7, 11) is 1.49. The van der Waals surface area contributed by atoms with Crippen LogP contribution in [0, 0.1) is 0 Å². The number of nitrogens with zero attached hydrogens (tertiary/aromatic N) is 1. The van der Waals surface area contributed by atoms with Crippen LogP contribution in [0.5, 0.6) is 11.5 Å². The molecule has 0 aliphatic heterocycles. The number of rotatable bonds is 9. The van der Waals surface area contributed by atoms with Gasteiger partial charge in [-0.3, -0.25) is 4.79 Å². The second-order valence-corrected chi connectivity index (χ2v) is 7.56. The molecule has 9 heteroatoms. The van der Waals surface area contributed by atoms with Gasteiger partial charge in [0, 0.05) is 20.0 Å². The molecular formula is C20H30N2O7. The largest absolute Gasteiger partial charge is 0.507 e. The highest BCUT2D eigenvalue weighted by Gasteiger charge is 2.19. The van der Waals surface area contributed by atoms with E-state index < -0.39 is 29.2 Å². The van der Waals surface area contributed by atoms with Crippen LogP contribution in [0.4, 0.5) is 4.79 Å². The van der Waals surface area contributed by atoms with Crippen LogP contribution in [-0.4, -0.2) is 59.0 Å². The van der Waals surface area contributed by atoms with E-state index in [2.05, 4.69) is 5.32 Å². The number of benzene rings is 1. The first-order valence-corrected chi connectivity index (χ1v) is 9.40. The zero-order chi connectivity index (χ0) is 22.0. The quantitative estimate of drug-likeness (QED) is 0.325. The summed E-state index contributed by atoms with van der Waals surface area (Å²) in [5, 5.41) is 21.9. The van der Waals surface area contributed by atoms with Gasteiger partial charge in [0.15, 0.2) is 6.73 Å². The van der Waals surface area contributed by atoms with Gasteiger partial charge in [-0.05, 0) is 45.7 Å². The van der Waals surface area contributed by atoms with E-state index in [-0.39, 0.29) is 24.6 Å². The van der Waals surface area contributed by atoms with Crippen molar-refractivity contribution in [2.45, 2.75) is 52.1 Å². The van der Waals surface area contributed by atoms with Crippen LogP contribution in [-0.2, 0) is 14.3 Å². The summed E-state index contributed by atoms with van der Waals surface area (Å²) < 4.78 is 10.1. The van der Waals surface area contributed by atoms with Crippen molar-refractivity contribution in [2.75, 3.05) is 20.3 Å². The van der Waals surface area contributed by atoms with Crippen molar-refractivity contribution in [2.24, 2.45) is 0 Å². The van der Waals surface area contributed by atoms with Crippen LogP contribution in [0.2, 0.25) is 0 Å². The molecule has 0 aliphatic carbocycles. The van der Waals surface area contributed by atoms with Crippen molar-refractivity contribution in [3.05, 3.63) is 23.8 Å². The lowest BCUT2D eigenvalue weighted by molar-refractivity contribution is -0.133. The molecule has 2 amide bonds. The maximum absolute atomic E-state index is 12.1. The van der Waals surface area contributed by atoms with Crippen molar-refractivity contribution in [1.29, 1.82) is 0 Å². The monoisotopic (exact) mass is 410 g/mol. The first kappa shape index (κ1) is 24.1. The number of aromatic hydroxyl groups is 2. The van der Waals surface area contributed by atoms with Crippen LogP contribution >= 0.6 is 0 Å². The average molecular weight is 410 g/mol. The summed E-state index contributed by atoms with van der Waals surface area (Å²) in [4.78, 5) is 36.8. The van der Waals surface area contributed by atoms with Gasteiger partial charge in [0.2, 0.25) is 5.91 Å². The van der Waals surface area contributed by atoms with Gasteiger partial charge in [0.05, 0.1) is 0 Å². The Hall–Kier alpha value is -2.97. The minimum atomic E-state index is -0.923. The maximum atomic E-state index is 12.1. The molecule has 0 bridgehead atoms. The third-order valence-corrected chi connectivity index (χ3v) is 3.78. The lowest BCUT2D eigenvalue weighted by Gasteiger charge is -2.19. The molecule has 0 spiro atoms. The Morgan fingerprint density at radius 3 is 2.28 bits per heavy atom. The molecule has 0 saturated carbocycles. The normalized spacial score (nSPS) is 10.9. The topological polar surface area (TPSA) is 125 Å². The summed E-state index contributed by atoms with van der Waals surface area (Å²) in [5.74, 6) is -1.93. The van der Waals surface area contributed by atoms with Crippen molar-refractivity contribution in [3.63, 3.8) is 0 Å². The minimum absolute atomic E-state index is 0.209. The summed E-state index contributed by atoms with van der Waals surface area (Å²) >= 11 is 0. The van der Waals surface area contributed by atoms with Crippen LogP contribution in [0.1, 0.15) is 56.8 Å². The molecule has 162 valence electrons. The van der Waals surface area contributed by atoms with Gasteiger partial charge in [0.1, 0.15) is 22.7 Å². The molecule has 3 N–H and O–H groups in total. The first-order valence-electron chi connectivity index (χ1n) is 9.40. The second kappa shape index (κ2) is 11.1. The van der Waals surface area contributed by atoms with Gasteiger partial charge in [-0.25, -0.2) is 9.59 Å². The van der Waals surface area contributed by atoms with Crippen LogP contribution in [0.15, 0.2) is 18.2 Å². The number of phenols is 2. The highest BCUT2D eigenvalue weighted by molar-refractivity contribution is 5.95. The van der Waals surface area contributed by atoms with Crippen LogP contribution in [0.25, 0.3) is 0 Å². The fourth-order valence-corrected chi connectivity index (χ4v) is 2.31. The first-order chi connectivity index (χ1) is 13.5. The summed E-state index contributed by atoms with van der Waals surface area (Å²) in [6.45, 7) is 5.53. The number of hydrogen-bond acceptors (Lipinski definition) is 7. The molecule has 0 atom stereocenters. The Bertz CT molecular complexity index is 693. The van der Waals surface area contributed by atoms with E-state index in [4.69, 9.17) is 9.47 Å². The van der Waals surface area contributed by atoms with Gasteiger partial charge >= 0.3 is 12.1 Å². The van der Waals surface area contributed by atoms with Gasteiger partial charge in [-0.2, -0.15) is 0 Å². The minimum Gasteiger partial charge on any atom is -0.507 e. The summed E-state index contributed by atoms with van der Waals surface area (Å²) in [6.07, 6.45) is 1.86. The van der Waals surface area contributed by atoms with Crippen LogP contribution in [0.3, 0.4) is 0 Å². The molecule has 9 nitrogen and oxygen atoms in total. The molecule has 1 aromatic rings. The van der Waals surface area contributed by atoms with E-state index in [1.807, 2.05) is 0 Å². The third kappa shape index (κ3) is 9.18. The highest BCUT2D eigenvalue weighted by Crippen LogP contribution is 2.26. The van der Waals surface area contributed by atoms with Crippen molar-refractivity contribution < 1.29 is 34.1 Å². The van der Waals surface area contributed by atoms with Crippen molar-refractivity contribution in [3.8, 4) is 11.5 Å². The smallest absolute Gasteiger partial charge is 0.407 e. The van der Waals surface area contributed by atoms with E-state index in [1.54, 1.807) is 20.8 Å². The molecule has 1 rings (SSSR count). The highest BCUT2D eigenvalue weighted by atomic mass is 16.6.